The van der Waals surface area contributed by atoms with Crippen molar-refractivity contribution in [2.24, 2.45) is 17.8 Å². The Morgan fingerprint density at radius 3 is 2.15 bits per heavy atom. The van der Waals surface area contributed by atoms with Crippen LogP contribution in [-0.4, -0.2) is 97.5 Å². The third-order valence-electron chi connectivity index (χ3n) is 8.62. The first-order valence-corrected chi connectivity index (χ1v) is 13.6. The van der Waals surface area contributed by atoms with E-state index in [2.05, 4.69) is 0 Å². The summed E-state index contributed by atoms with van der Waals surface area (Å²) in [5.74, 6) is -2.72. The second kappa shape index (κ2) is 13.2. The molecular weight excluding hydrogens is 540 g/mol. The molecule has 0 bridgehead atoms. The lowest BCUT2D eigenvalue weighted by molar-refractivity contribution is -0.291. The van der Waals surface area contributed by atoms with Crippen LogP contribution in [0.2, 0.25) is 0 Å². The molecule has 2 aromatic carbocycles. The molecule has 2 aromatic rings. The van der Waals surface area contributed by atoms with E-state index in [0.29, 0.717) is 23.1 Å². The molecular formula is C29H40O12. The summed E-state index contributed by atoms with van der Waals surface area (Å²) in [6, 6.07) is 4.75. The maximum atomic E-state index is 10.9. The van der Waals surface area contributed by atoms with Gasteiger partial charge in [-0.2, -0.15) is 0 Å². The molecule has 228 valence electrons. The van der Waals surface area contributed by atoms with Gasteiger partial charge in [0.05, 0.1) is 52.4 Å². The number of ether oxygens (including phenoxy) is 3. The summed E-state index contributed by atoms with van der Waals surface area (Å²) in [4.78, 5) is 0. The summed E-state index contributed by atoms with van der Waals surface area (Å²) < 4.78 is 17.1. The fraction of sp³-hybridized carbons (Fsp3) is 0.586. The number of benzene rings is 2. The van der Waals surface area contributed by atoms with Crippen LogP contribution in [0.4, 0.5) is 0 Å². The largest absolute Gasteiger partial charge is 0.507 e. The maximum absolute atomic E-state index is 10.9. The molecule has 3 unspecified atom stereocenters. The van der Waals surface area contributed by atoms with Gasteiger partial charge >= 0.3 is 0 Å². The molecule has 41 heavy (non-hydrogen) atoms. The van der Waals surface area contributed by atoms with Gasteiger partial charge in [-0.05, 0) is 53.1 Å². The highest BCUT2D eigenvalue weighted by atomic mass is 16.7. The zero-order valence-corrected chi connectivity index (χ0v) is 23.1. The Kier molecular flexibility index (Phi) is 10.1. The minimum Gasteiger partial charge on any atom is -0.507 e. The van der Waals surface area contributed by atoms with Crippen LogP contribution in [-0.2, 0) is 35.7 Å². The van der Waals surface area contributed by atoms with Gasteiger partial charge in [0.25, 0.3) is 0 Å². The number of hydrogen-bond donors (Lipinski definition) is 9. The number of fused-ring (bicyclic) bond motifs is 1. The van der Waals surface area contributed by atoms with E-state index in [0.717, 1.165) is 0 Å². The molecule has 2 aliphatic rings. The Balaban J connectivity index is 1.85. The second-order valence-corrected chi connectivity index (χ2v) is 10.8. The van der Waals surface area contributed by atoms with Crippen molar-refractivity contribution in [1.29, 1.82) is 0 Å². The minimum atomic E-state index is -1.41. The number of aliphatic hydroxyl groups is 7. The van der Waals surface area contributed by atoms with E-state index in [-0.39, 0.29) is 47.2 Å². The summed E-state index contributed by atoms with van der Waals surface area (Å²) in [7, 11) is 1.36. The van der Waals surface area contributed by atoms with E-state index >= 15 is 0 Å². The summed E-state index contributed by atoms with van der Waals surface area (Å²) >= 11 is 0. The van der Waals surface area contributed by atoms with Gasteiger partial charge in [-0.25, -0.2) is 0 Å². The van der Waals surface area contributed by atoms with Crippen LogP contribution in [0.25, 0.3) is 0 Å². The van der Waals surface area contributed by atoms with Gasteiger partial charge in [-0.1, -0.05) is 6.92 Å². The van der Waals surface area contributed by atoms with Crippen LogP contribution in [0.5, 0.6) is 17.2 Å². The van der Waals surface area contributed by atoms with Crippen LogP contribution in [0, 0.1) is 17.8 Å². The monoisotopic (exact) mass is 580 g/mol. The highest BCUT2D eigenvalue weighted by Gasteiger charge is 2.45. The van der Waals surface area contributed by atoms with Gasteiger partial charge in [0.1, 0.15) is 11.9 Å². The lowest BCUT2D eigenvalue weighted by Gasteiger charge is -2.44. The number of aromatic hydroxyl groups is 2. The Hall–Kier alpha value is -2.52. The zero-order chi connectivity index (χ0) is 30.0. The van der Waals surface area contributed by atoms with Gasteiger partial charge in [0, 0.05) is 35.1 Å². The molecule has 0 amide bonds. The fourth-order valence-corrected chi connectivity index (χ4v) is 6.24. The van der Waals surface area contributed by atoms with Crippen molar-refractivity contribution < 1.29 is 60.2 Å². The van der Waals surface area contributed by atoms with Gasteiger partial charge in [-0.15, -0.1) is 0 Å². The SMILES string of the molecule is COc1cc(C2c3c(cc(CO)c(O)c3CO)C[C@@H](CO)[C@H]2CO[C@@H]2OC(CO)[C@@H](C)[C@H](O)C2O)cc(CO)c1O. The molecule has 1 fully saturated rings. The van der Waals surface area contributed by atoms with E-state index in [1.807, 2.05) is 0 Å². The third-order valence-corrected chi connectivity index (χ3v) is 8.62. The Bertz CT molecular complexity index is 1180. The number of hydrogen-bond acceptors (Lipinski definition) is 12. The van der Waals surface area contributed by atoms with Crippen molar-refractivity contribution in [3.63, 3.8) is 0 Å². The average molecular weight is 581 g/mol. The molecule has 0 aromatic heterocycles. The van der Waals surface area contributed by atoms with E-state index in [1.165, 1.54) is 7.11 Å². The van der Waals surface area contributed by atoms with Crippen LogP contribution >= 0.6 is 0 Å². The molecule has 0 saturated carbocycles. The Morgan fingerprint density at radius 1 is 0.878 bits per heavy atom. The summed E-state index contributed by atoms with van der Waals surface area (Å²) in [6.07, 6.45) is -4.40. The first kappa shape index (κ1) is 31.4. The molecule has 9 N–H and O–H groups in total. The van der Waals surface area contributed by atoms with Gasteiger partial charge < -0.3 is 60.2 Å². The predicted octanol–water partition coefficient (Wildman–Crippen LogP) is -0.412. The van der Waals surface area contributed by atoms with Crippen molar-refractivity contribution in [1.82, 2.24) is 0 Å². The second-order valence-electron chi connectivity index (χ2n) is 10.8. The third kappa shape index (κ3) is 5.76. The van der Waals surface area contributed by atoms with Crippen molar-refractivity contribution in [2.45, 2.75) is 63.7 Å². The molecule has 1 heterocycles. The number of rotatable bonds is 10. The number of aliphatic hydroxyl groups excluding tert-OH is 7. The topological polar surface area (TPSA) is 210 Å². The van der Waals surface area contributed by atoms with Gasteiger partial charge in [-0.3, -0.25) is 0 Å². The summed E-state index contributed by atoms with van der Waals surface area (Å²) in [5.41, 5.74) is 2.29. The summed E-state index contributed by atoms with van der Waals surface area (Å²) in [6.45, 7) is -0.718. The first-order valence-electron chi connectivity index (χ1n) is 13.6. The smallest absolute Gasteiger partial charge is 0.186 e. The average Bonchev–Trinajstić information content (AvgIpc) is 2.98. The number of phenols is 2. The fourth-order valence-electron chi connectivity index (χ4n) is 6.24. The Labute approximate surface area is 237 Å². The molecule has 1 aliphatic carbocycles. The number of methoxy groups -OCH3 is 1. The lowest BCUT2D eigenvalue weighted by atomic mass is 9.65. The van der Waals surface area contributed by atoms with Crippen LogP contribution in [0.1, 0.15) is 46.2 Å². The van der Waals surface area contributed by atoms with Crippen LogP contribution in [0.3, 0.4) is 0 Å². The predicted molar refractivity (Wildman–Crippen MR) is 143 cm³/mol. The van der Waals surface area contributed by atoms with Crippen LogP contribution in [0.15, 0.2) is 18.2 Å². The standard InChI is InChI=1S/C29H40O12/c1-13-22(11-34)41-29(28(38)25(13)35)40-12-20-16(7-30)3-14-4-17(8-31)26(36)19(10-33)23(14)24(20)15-5-18(9-32)27(37)21(6-15)39-2/h4-6,13,16,20,22,24-25,28-38H,3,7-12H2,1-2H3/t13-,16+,20-,22?,24?,25+,28?,29-/m1/s1. The molecule has 8 atom stereocenters. The molecule has 12 heteroatoms. The zero-order valence-electron chi connectivity index (χ0n) is 23.1. The summed E-state index contributed by atoms with van der Waals surface area (Å²) in [5, 5.41) is 93.0. The van der Waals surface area contributed by atoms with Crippen molar-refractivity contribution in [2.75, 3.05) is 26.9 Å². The molecule has 1 saturated heterocycles. The lowest BCUT2D eigenvalue weighted by Crippen LogP contribution is -2.55. The molecule has 0 spiro atoms. The van der Waals surface area contributed by atoms with Gasteiger partial charge in [0.15, 0.2) is 17.8 Å². The van der Waals surface area contributed by atoms with Gasteiger partial charge in [0.2, 0.25) is 0 Å². The molecule has 0 radical (unpaired) electrons. The Morgan fingerprint density at radius 2 is 1.56 bits per heavy atom. The van der Waals surface area contributed by atoms with E-state index in [4.69, 9.17) is 14.2 Å². The van der Waals surface area contributed by atoms with Crippen molar-refractivity contribution >= 4 is 0 Å². The maximum Gasteiger partial charge on any atom is 0.186 e. The minimum absolute atomic E-state index is 0.0783. The molecule has 1 aliphatic heterocycles. The van der Waals surface area contributed by atoms with E-state index in [9.17, 15) is 46.0 Å². The molecule has 4 rings (SSSR count). The van der Waals surface area contributed by atoms with Crippen LogP contribution < -0.4 is 4.74 Å². The molecule has 12 nitrogen and oxygen atoms in total. The quantitative estimate of drug-likeness (QED) is 0.176. The van der Waals surface area contributed by atoms with E-state index in [1.54, 1.807) is 25.1 Å². The van der Waals surface area contributed by atoms with Crippen molar-refractivity contribution in [3.05, 3.63) is 51.6 Å². The van der Waals surface area contributed by atoms with Crippen molar-refractivity contribution in [3.8, 4) is 17.2 Å². The first-order chi connectivity index (χ1) is 19.6. The highest BCUT2D eigenvalue weighted by Crippen LogP contribution is 2.50. The van der Waals surface area contributed by atoms with E-state index < -0.39 is 74.7 Å². The highest BCUT2D eigenvalue weighted by molar-refractivity contribution is 5.57. The normalized spacial score (nSPS) is 29.8.